The van der Waals surface area contributed by atoms with Gasteiger partial charge in [0.15, 0.2) is 5.82 Å². The second-order valence-electron chi connectivity index (χ2n) is 6.31. The number of nitrogens with one attached hydrogen (secondary N) is 2. The molecule has 134 valence electrons. The summed E-state index contributed by atoms with van der Waals surface area (Å²) in [5, 5.41) is 9.27. The molecule has 2 aromatic rings. The number of aromatic amines is 1. The van der Waals surface area contributed by atoms with Crippen LogP contribution in [0.4, 0.5) is 4.79 Å². The first-order valence-corrected chi connectivity index (χ1v) is 8.42. The molecule has 1 aromatic carbocycles. The molecule has 0 unspecified atom stereocenters. The molecular formula is C17H23N5O3. The van der Waals surface area contributed by atoms with Gasteiger partial charge in [0.25, 0.3) is 0 Å². The first kappa shape index (κ1) is 17.2. The molecule has 1 atom stereocenters. The molecule has 2 heterocycles. The van der Waals surface area contributed by atoms with E-state index in [1.165, 1.54) is 0 Å². The number of hydrogen-bond donors (Lipinski definition) is 2. The Bertz CT molecular complexity index is 755. The highest BCUT2D eigenvalue weighted by Gasteiger charge is 2.23. The summed E-state index contributed by atoms with van der Waals surface area (Å²) < 4.78 is 7.25. The summed E-state index contributed by atoms with van der Waals surface area (Å²) >= 11 is 0. The first-order valence-electron chi connectivity index (χ1n) is 8.42. The van der Waals surface area contributed by atoms with Crippen molar-refractivity contribution >= 4 is 6.03 Å². The van der Waals surface area contributed by atoms with Gasteiger partial charge in [0.05, 0.1) is 19.8 Å². The molecule has 0 saturated carbocycles. The topological polar surface area (TPSA) is 92.3 Å². The number of urea groups is 1. The van der Waals surface area contributed by atoms with Gasteiger partial charge in [0.2, 0.25) is 0 Å². The monoisotopic (exact) mass is 345 g/mol. The predicted molar refractivity (Wildman–Crippen MR) is 91.9 cm³/mol. The van der Waals surface area contributed by atoms with Crippen LogP contribution in [0.25, 0.3) is 0 Å². The van der Waals surface area contributed by atoms with E-state index < -0.39 is 0 Å². The van der Waals surface area contributed by atoms with Crippen molar-refractivity contribution < 1.29 is 9.53 Å². The third kappa shape index (κ3) is 4.48. The Balaban J connectivity index is 1.38. The van der Waals surface area contributed by atoms with E-state index >= 15 is 0 Å². The molecule has 0 radical (unpaired) electrons. The second kappa shape index (κ2) is 7.98. The third-order valence-corrected chi connectivity index (χ3v) is 4.17. The number of amides is 2. The Labute approximate surface area is 145 Å². The summed E-state index contributed by atoms with van der Waals surface area (Å²) in [5.41, 5.74) is 0.913. The molecule has 0 aliphatic carbocycles. The van der Waals surface area contributed by atoms with Crippen molar-refractivity contribution in [1.29, 1.82) is 0 Å². The van der Waals surface area contributed by atoms with Crippen LogP contribution in [-0.4, -0.2) is 45.4 Å². The van der Waals surface area contributed by atoms with Crippen LogP contribution < -0.4 is 11.0 Å². The van der Waals surface area contributed by atoms with E-state index in [1.54, 1.807) is 9.47 Å². The van der Waals surface area contributed by atoms with Crippen molar-refractivity contribution in [3.05, 3.63) is 52.2 Å². The minimum Gasteiger partial charge on any atom is -0.376 e. The number of aromatic nitrogens is 3. The summed E-state index contributed by atoms with van der Waals surface area (Å²) in [6.45, 7) is 5.02. The number of carbonyl (C=O) groups excluding carboxylic acids is 1. The van der Waals surface area contributed by atoms with Crippen LogP contribution in [0.5, 0.6) is 0 Å². The number of nitrogens with zero attached hydrogens (tertiary/aromatic N) is 3. The van der Waals surface area contributed by atoms with Crippen LogP contribution >= 0.6 is 0 Å². The smallest absolute Gasteiger partial charge is 0.343 e. The van der Waals surface area contributed by atoms with E-state index in [0.717, 1.165) is 5.56 Å². The lowest BCUT2D eigenvalue weighted by molar-refractivity contribution is 0.0914. The SMILES string of the molecule is C[C@@H](CNC(=O)N1CCn2c(n[nH]c2=O)C1)COCc1ccccc1. The van der Waals surface area contributed by atoms with Crippen LogP contribution in [0.3, 0.4) is 0 Å². The highest BCUT2D eigenvalue weighted by atomic mass is 16.5. The van der Waals surface area contributed by atoms with Crippen LogP contribution in [-0.2, 0) is 24.4 Å². The molecule has 8 heteroatoms. The average molecular weight is 345 g/mol. The lowest BCUT2D eigenvalue weighted by Gasteiger charge is -2.27. The molecule has 1 aliphatic heterocycles. The zero-order chi connectivity index (χ0) is 17.6. The lowest BCUT2D eigenvalue weighted by atomic mass is 10.2. The molecule has 0 fully saturated rings. The van der Waals surface area contributed by atoms with Crippen LogP contribution in [0.2, 0.25) is 0 Å². The summed E-state index contributed by atoms with van der Waals surface area (Å²) in [6.07, 6.45) is 0. The van der Waals surface area contributed by atoms with Crippen molar-refractivity contribution in [2.24, 2.45) is 5.92 Å². The zero-order valence-electron chi connectivity index (χ0n) is 14.3. The Morgan fingerprint density at radius 1 is 1.36 bits per heavy atom. The fourth-order valence-corrected chi connectivity index (χ4v) is 2.73. The molecule has 3 rings (SSSR count). The number of rotatable bonds is 6. The summed E-state index contributed by atoms with van der Waals surface area (Å²) in [4.78, 5) is 25.4. The number of H-pyrrole nitrogens is 1. The van der Waals surface area contributed by atoms with Gasteiger partial charge in [0.1, 0.15) is 0 Å². The maximum absolute atomic E-state index is 12.3. The summed E-state index contributed by atoms with van der Waals surface area (Å²) in [5.74, 6) is 0.798. The van der Waals surface area contributed by atoms with Gasteiger partial charge in [-0.2, -0.15) is 5.10 Å². The Kier molecular flexibility index (Phi) is 5.49. The Hall–Kier alpha value is -2.61. The van der Waals surface area contributed by atoms with Gasteiger partial charge in [-0.25, -0.2) is 14.7 Å². The molecule has 25 heavy (non-hydrogen) atoms. The van der Waals surface area contributed by atoms with Crippen molar-refractivity contribution in [2.45, 2.75) is 26.6 Å². The largest absolute Gasteiger partial charge is 0.376 e. The Morgan fingerprint density at radius 2 is 2.16 bits per heavy atom. The average Bonchev–Trinajstić information content (AvgIpc) is 3.01. The molecule has 8 nitrogen and oxygen atoms in total. The van der Waals surface area contributed by atoms with Crippen molar-refractivity contribution in [3.63, 3.8) is 0 Å². The number of ether oxygens (including phenoxy) is 1. The highest BCUT2D eigenvalue weighted by molar-refractivity contribution is 5.74. The van der Waals surface area contributed by atoms with E-state index in [4.69, 9.17) is 4.74 Å². The molecule has 1 aliphatic rings. The summed E-state index contributed by atoms with van der Waals surface area (Å²) in [6, 6.07) is 9.86. The van der Waals surface area contributed by atoms with Gasteiger partial charge in [0, 0.05) is 19.6 Å². The molecule has 0 bridgehead atoms. The van der Waals surface area contributed by atoms with Gasteiger partial charge in [-0.1, -0.05) is 37.3 Å². The number of hydrogen-bond acceptors (Lipinski definition) is 4. The van der Waals surface area contributed by atoms with Gasteiger partial charge >= 0.3 is 11.7 Å². The van der Waals surface area contributed by atoms with Gasteiger partial charge in [-0.05, 0) is 11.5 Å². The van der Waals surface area contributed by atoms with Crippen molar-refractivity contribution in [2.75, 3.05) is 19.7 Å². The Morgan fingerprint density at radius 3 is 2.96 bits per heavy atom. The fraction of sp³-hybridized carbons (Fsp3) is 0.471. The minimum absolute atomic E-state index is 0.142. The fourth-order valence-electron chi connectivity index (χ4n) is 2.73. The predicted octanol–water partition coefficient (Wildman–Crippen LogP) is 0.950. The van der Waals surface area contributed by atoms with Gasteiger partial charge in [-0.15, -0.1) is 0 Å². The molecule has 0 saturated heterocycles. The van der Waals surface area contributed by atoms with Crippen molar-refractivity contribution in [1.82, 2.24) is 25.0 Å². The van der Waals surface area contributed by atoms with Gasteiger partial charge < -0.3 is 15.0 Å². The van der Waals surface area contributed by atoms with Crippen LogP contribution in [0, 0.1) is 5.92 Å². The molecule has 2 amide bonds. The maximum Gasteiger partial charge on any atom is 0.343 e. The third-order valence-electron chi connectivity index (χ3n) is 4.17. The van der Waals surface area contributed by atoms with E-state index in [-0.39, 0.29) is 17.6 Å². The molecule has 1 aromatic heterocycles. The molecule has 2 N–H and O–H groups in total. The first-order chi connectivity index (χ1) is 12.1. The standard InChI is InChI=1S/C17H23N5O3/c1-13(11-25-12-14-5-3-2-4-6-14)9-18-16(23)21-7-8-22-15(10-21)19-20-17(22)24/h2-6,13H,7-12H2,1H3,(H,18,23)(H,20,24)/t13-/m0/s1. The lowest BCUT2D eigenvalue weighted by Crippen LogP contribution is -2.46. The molecule has 0 spiro atoms. The number of carbonyl (C=O) groups is 1. The van der Waals surface area contributed by atoms with Crippen molar-refractivity contribution in [3.8, 4) is 0 Å². The minimum atomic E-state index is -0.223. The normalized spacial score (nSPS) is 14.8. The highest BCUT2D eigenvalue weighted by Crippen LogP contribution is 2.07. The maximum atomic E-state index is 12.3. The van der Waals surface area contributed by atoms with E-state index in [1.807, 2.05) is 37.3 Å². The van der Waals surface area contributed by atoms with E-state index in [0.29, 0.717) is 45.2 Å². The van der Waals surface area contributed by atoms with Gasteiger partial charge in [-0.3, -0.25) is 4.57 Å². The summed E-state index contributed by atoms with van der Waals surface area (Å²) in [7, 11) is 0. The quantitative estimate of drug-likeness (QED) is 0.815. The number of fused-ring (bicyclic) bond motifs is 1. The second-order valence-corrected chi connectivity index (χ2v) is 6.31. The van der Waals surface area contributed by atoms with E-state index in [2.05, 4.69) is 15.5 Å². The van der Waals surface area contributed by atoms with E-state index in [9.17, 15) is 9.59 Å². The zero-order valence-corrected chi connectivity index (χ0v) is 14.3. The number of benzene rings is 1. The van der Waals surface area contributed by atoms with Crippen LogP contribution in [0.1, 0.15) is 18.3 Å². The van der Waals surface area contributed by atoms with Crippen LogP contribution in [0.15, 0.2) is 35.1 Å². The molecular weight excluding hydrogens is 322 g/mol.